The van der Waals surface area contributed by atoms with E-state index in [1.165, 1.54) is 19.3 Å². The highest BCUT2D eigenvalue weighted by atomic mass is 16.5. The van der Waals surface area contributed by atoms with Crippen molar-refractivity contribution in [3.8, 4) is 0 Å². The summed E-state index contributed by atoms with van der Waals surface area (Å²) in [5.74, 6) is 0.906. The molecule has 1 heterocycles. The number of ether oxygens (including phenoxy) is 1. The molecule has 1 fully saturated rings. The second kappa shape index (κ2) is 5.25. The van der Waals surface area contributed by atoms with Gasteiger partial charge in [0, 0.05) is 18.4 Å². The molecule has 0 atom stereocenters. The van der Waals surface area contributed by atoms with Gasteiger partial charge >= 0.3 is 0 Å². The van der Waals surface area contributed by atoms with Gasteiger partial charge < -0.3 is 4.74 Å². The maximum absolute atomic E-state index is 11.5. The Kier molecular flexibility index (Phi) is 3.72. The summed E-state index contributed by atoms with van der Waals surface area (Å²) in [6.07, 6.45) is 5.48. The van der Waals surface area contributed by atoms with E-state index in [-0.39, 0.29) is 5.56 Å². The van der Waals surface area contributed by atoms with Gasteiger partial charge in [0.25, 0.3) is 5.56 Å². The number of aromatic nitrogens is 2. The Bertz CT molecular complexity index is 396. The van der Waals surface area contributed by atoms with E-state index in [1.54, 1.807) is 17.0 Å². The van der Waals surface area contributed by atoms with E-state index in [4.69, 9.17) is 4.74 Å². The molecule has 4 nitrogen and oxygen atoms in total. The molecule has 0 unspecified atom stereocenters. The van der Waals surface area contributed by atoms with Crippen molar-refractivity contribution < 1.29 is 4.74 Å². The number of hydrogen-bond donors (Lipinski definition) is 0. The Morgan fingerprint density at radius 3 is 3.00 bits per heavy atom. The molecule has 4 heteroatoms. The third-order valence-corrected chi connectivity index (χ3v) is 2.86. The molecule has 1 aromatic rings. The normalized spacial score (nSPS) is 15.3. The first kappa shape index (κ1) is 11.3. The molecule has 0 N–H and O–H groups in total. The molecule has 0 amide bonds. The summed E-state index contributed by atoms with van der Waals surface area (Å²) in [6.45, 7) is 3.82. The van der Waals surface area contributed by atoms with Gasteiger partial charge in [-0.05, 0) is 19.3 Å². The molecule has 2 rings (SSSR count). The Balaban J connectivity index is 1.69. The number of nitrogens with zero attached hydrogens (tertiary/aromatic N) is 2. The van der Waals surface area contributed by atoms with Crippen molar-refractivity contribution in [2.75, 3.05) is 13.2 Å². The molecular weight excluding hydrogens is 204 g/mol. The molecule has 1 aromatic heterocycles. The predicted molar refractivity (Wildman–Crippen MR) is 61.4 cm³/mol. The van der Waals surface area contributed by atoms with Crippen molar-refractivity contribution in [3.63, 3.8) is 0 Å². The fourth-order valence-electron chi connectivity index (χ4n) is 1.61. The van der Waals surface area contributed by atoms with Crippen LogP contribution in [0, 0.1) is 12.8 Å². The van der Waals surface area contributed by atoms with Crippen LogP contribution in [0.3, 0.4) is 0 Å². The van der Waals surface area contributed by atoms with E-state index in [2.05, 4.69) is 4.98 Å². The van der Waals surface area contributed by atoms with Crippen molar-refractivity contribution in [1.29, 1.82) is 0 Å². The number of aryl methyl sites for hydroxylation is 1. The Hall–Kier alpha value is -1.16. The van der Waals surface area contributed by atoms with Crippen molar-refractivity contribution >= 4 is 0 Å². The summed E-state index contributed by atoms with van der Waals surface area (Å²) in [4.78, 5) is 15.6. The Morgan fingerprint density at radius 1 is 1.50 bits per heavy atom. The molecule has 0 aromatic carbocycles. The maximum atomic E-state index is 11.5. The highest BCUT2D eigenvalue weighted by Crippen LogP contribution is 2.31. The summed E-state index contributed by atoms with van der Waals surface area (Å²) in [7, 11) is 0. The van der Waals surface area contributed by atoms with Crippen molar-refractivity contribution in [2.24, 2.45) is 5.92 Å². The summed E-state index contributed by atoms with van der Waals surface area (Å²) in [5.41, 5.74) is 0.759. The van der Waals surface area contributed by atoms with E-state index >= 15 is 0 Å². The highest BCUT2D eigenvalue weighted by molar-refractivity contribution is 4.95. The van der Waals surface area contributed by atoms with Crippen LogP contribution in [0.15, 0.2) is 17.2 Å². The molecule has 0 bridgehead atoms. The van der Waals surface area contributed by atoms with Gasteiger partial charge in [-0.2, -0.15) is 0 Å². The molecular formula is C12H18N2O2. The lowest BCUT2D eigenvalue weighted by Gasteiger charge is -2.06. The van der Waals surface area contributed by atoms with Crippen LogP contribution in [0.2, 0.25) is 0 Å². The fourth-order valence-corrected chi connectivity index (χ4v) is 1.61. The summed E-state index contributed by atoms with van der Waals surface area (Å²) in [6, 6.07) is 1.55. The fraction of sp³-hybridized carbons (Fsp3) is 0.667. The van der Waals surface area contributed by atoms with E-state index in [9.17, 15) is 4.79 Å². The second-order valence-corrected chi connectivity index (χ2v) is 4.41. The molecule has 1 saturated carbocycles. The number of rotatable bonds is 6. The van der Waals surface area contributed by atoms with Gasteiger partial charge in [-0.15, -0.1) is 0 Å². The number of hydrogen-bond acceptors (Lipinski definition) is 3. The van der Waals surface area contributed by atoms with Crippen molar-refractivity contribution in [1.82, 2.24) is 9.55 Å². The van der Waals surface area contributed by atoms with E-state index in [0.29, 0.717) is 13.2 Å². The lowest BCUT2D eigenvalue weighted by molar-refractivity contribution is 0.119. The van der Waals surface area contributed by atoms with Gasteiger partial charge in [0.1, 0.15) is 0 Å². The minimum Gasteiger partial charge on any atom is -0.380 e. The van der Waals surface area contributed by atoms with Crippen molar-refractivity contribution in [2.45, 2.75) is 32.7 Å². The Labute approximate surface area is 95.3 Å². The van der Waals surface area contributed by atoms with Gasteiger partial charge in [-0.25, -0.2) is 4.98 Å². The molecule has 0 aliphatic heterocycles. The van der Waals surface area contributed by atoms with Crippen LogP contribution < -0.4 is 5.56 Å². The van der Waals surface area contributed by atoms with Gasteiger partial charge in [0.05, 0.1) is 19.5 Å². The zero-order valence-electron chi connectivity index (χ0n) is 9.69. The maximum Gasteiger partial charge on any atom is 0.253 e. The quantitative estimate of drug-likeness (QED) is 0.683. The average Bonchev–Trinajstić information content (AvgIpc) is 3.04. The minimum absolute atomic E-state index is 0.00158. The lowest BCUT2D eigenvalue weighted by atomic mass is 10.3. The largest absolute Gasteiger partial charge is 0.380 e. The third kappa shape index (κ3) is 3.45. The molecule has 16 heavy (non-hydrogen) atoms. The molecule has 88 valence electrons. The zero-order valence-corrected chi connectivity index (χ0v) is 9.69. The van der Waals surface area contributed by atoms with Crippen LogP contribution in [0.5, 0.6) is 0 Å². The minimum atomic E-state index is -0.00158. The van der Waals surface area contributed by atoms with Gasteiger partial charge in [0.2, 0.25) is 0 Å². The summed E-state index contributed by atoms with van der Waals surface area (Å²) in [5, 5.41) is 0. The third-order valence-electron chi connectivity index (χ3n) is 2.86. The van der Waals surface area contributed by atoms with Crippen LogP contribution in [0.1, 0.15) is 25.0 Å². The van der Waals surface area contributed by atoms with E-state index < -0.39 is 0 Å². The lowest BCUT2D eigenvalue weighted by Crippen LogP contribution is -2.22. The Morgan fingerprint density at radius 2 is 2.31 bits per heavy atom. The van der Waals surface area contributed by atoms with Crippen LogP contribution in [-0.2, 0) is 11.3 Å². The molecule has 0 radical (unpaired) electrons. The van der Waals surface area contributed by atoms with Gasteiger partial charge in [-0.1, -0.05) is 12.8 Å². The second-order valence-electron chi connectivity index (χ2n) is 4.41. The monoisotopic (exact) mass is 222 g/mol. The molecule has 0 spiro atoms. The van der Waals surface area contributed by atoms with Gasteiger partial charge in [0.15, 0.2) is 0 Å². The molecule has 1 aliphatic rings. The molecule has 1 aliphatic carbocycles. The van der Waals surface area contributed by atoms with Crippen LogP contribution in [0.25, 0.3) is 0 Å². The molecule has 0 saturated heterocycles. The summed E-state index contributed by atoms with van der Waals surface area (Å²) >= 11 is 0. The topological polar surface area (TPSA) is 44.1 Å². The van der Waals surface area contributed by atoms with Crippen molar-refractivity contribution in [3.05, 3.63) is 28.4 Å². The van der Waals surface area contributed by atoms with E-state index in [1.807, 2.05) is 6.92 Å². The van der Waals surface area contributed by atoms with Crippen LogP contribution in [-0.4, -0.2) is 22.8 Å². The highest BCUT2D eigenvalue weighted by Gasteiger charge is 2.20. The smallest absolute Gasteiger partial charge is 0.253 e. The first-order valence-electron chi connectivity index (χ1n) is 5.86. The van der Waals surface area contributed by atoms with Crippen LogP contribution in [0.4, 0.5) is 0 Å². The SMILES string of the molecule is Cc1cc(=O)n(CCOCCC2CC2)cn1. The first-order chi connectivity index (χ1) is 7.75. The zero-order chi connectivity index (χ0) is 11.4. The average molecular weight is 222 g/mol. The van der Waals surface area contributed by atoms with Crippen LogP contribution >= 0.6 is 0 Å². The predicted octanol–water partition coefficient (Wildman–Crippen LogP) is 1.37. The first-order valence-corrected chi connectivity index (χ1v) is 5.86. The standard InChI is InChI=1S/C12H18N2O2/c1-10-8-12(15)14(9-13-10)5-7-16-6-4-11-2-3-11/h8-9,11H,2-7H2,1H3. The van der Waals surface area contributed by atoms with E-state index in [0.717, 1.165) is 18.2 Å². The van der Waals surface area contributed by atoms with Gasteiger partial charge in [-0.3, -0.25) is 9.36 Å². The summed E-state index contributed by atoms with van der Waals surface area (Å²) < 4.78 is 7.07.